The van der Waals surface area contributed by atoms with Crippen LogP contribution in [0.15, 0.2) is 170 Å². The first kappa shape index (κ1) is 101. The quantitative estimate of drug-likeness (QED) is 0.00597. The molecule has 756 valence electrons. The Morgan fingerprint density at radius 3 is 0.914 bits per heavy atom. The molecule has 5 saturated heterocycles. The molecular weight excluding hydrogens is 1940 g/mol. The predicted molar refractivity (Wildman–Crippen MR) is 474 cm³/mol. The van der Waals surface area contributed by atoms with Crippen LogP contribution in [0.2, 0.25) is 5.32 Å². The number of hydrogen-bond acceptors (Lipinski definition) is 52. The number of hydrogen-bond donors (Lipinski definition) is 28. The van der Waals surface area contributed by atoms with E-state index < -0.39 is 244 Å². The standard InChI is InChI=1S/C20H23N5O7.C18H22N4O8.C18H22N4O7.C12H18N4O7S.C12H18N4O7Se/c21-12(7-10-8-22-13-4-2-1-3-11(10)13)19(28)31-9-14-16(26)17(27)18(32-14)25-6-5-15(24-30)23-20(25)29;19-11(7-9-1-3-10(23)4-2-9)17(26)29-8-12-14(24)15(25)16(30-12)22-6-5-13(21-28)20-18(22)27;19-11(8-10-4-2-1-3-5-10)17(25)28-9-12-14(23)15(24)16(29-12)22-7-6-13(21-27)20-18(22)26;2*13-5(4-24)11(19)22-3-6-8(17)9(18)10(23-6)16-2-1-7(15-21)14-12(16)20/h1-6,8,12,14,16-18,22,26-27,30H,7,9,21H2,(H,23,24,29);1-6,11-12,14-16,23-25,28H,7-8,19H2,(H,20,21,27);1-7,11-12,14-16,23-24,27H,8-9,19H2,(H,20,21,26);2*1-2,5-6,8-10,17-18,21,24H,3-4,13H2,(H,14,15,20)/t12-,14+,16+,17+,18+;2*11-,12+,14+,15+,16+;2*5-,6+,8+,9+,10+/m00000/s1/i18D;2*16D;2*10D. The summed E-state index contributed by atoms with van der Waals surface area (Å²) < 4.78 is 96.2. The molecule has 0 spiro atoms. The van der Waals surface area contributed by atoms with Gasteiger partial charge >= 0.3 is 181 Å². The summed E-state index contributed by atoms with van der Waals surface area (Å²) in [7, 11) is 0. The molecule has 0 bridgehead atoms. The van der Waals surface area contributed by atoms with Crippen LogP contribution in [-0.4, -0.2) is 341 Å². The van der Waals surface area contributed by atoms with E-state index >= 15 is 0 Å². The van der Waals surface area contributed by atoms with Crippen LogP contribution in [0.4, 0.5) is 29.1 Å². The second-order valence-electron chi connectivity index (χ2n) is 30.2. The maximum absolute atomic E-state index is 12.4. The van der Waals surface area contributed by atoms with Gasteiger partial charge < -0.3 is 112 Å². The Morgan fingerprint density at radius 2 is 0.640 bits per heavy atom. The Kier molecular flexibility index (Phi) is 37.1. The Balaban J connectivity index is 0.000000186. The number of benzene rings is 3. The molecule has 0 radical (unpaired) electrons. The molecule has 5 fully saturated rings. The summed E-state index contributed by atoms with van der Waals surface area (Å²) in [6, 6.07) is 23.7. The van der Waals surface area contributed by atoms with Crippen molar-refractivity contribution in [2.75, 3.05) is 66.2 Å². The molecule has 11 heterocycles. The summed E-state index contributed by atoms with van der Waals surface area (Å²) in [4.78, 5) is 140. The maximum atomic E-state index is 12.4. The zero-order chi connectivity index (χ0) is 106. The Labute approximate surface area is 801 Å². The number of phenolic OH excluding ortho intramolecular Hbond substituents is 1. The van der Waals surface area contributed by atoms with E-state index in [4.69, 9.17) is 109 Å². The number of aromatic nitrogens is 11. The molecule has 6 aromatic heterocycles. The number of rotatable bonds is 33. The van der Waals surface area contributed by atoms with Crippen molar-refractivity contribution in [3.8, 4) is 5.75 Å². The zero-order valence-corrected chi connectivity index (χ0v) is 74.8. The van der Waals surface area contributed by atoms with E-state index in [9.17, 15) is 104 Å². The van der Waals surface area contributed by atoms with Gasteiger partial charge in [-0.3, -0.25) is 90.9 Å². The molecule has 25 atom stereocenters. The fraction of sp³-hybridized carbons (Fsp3) is 0.438. The Morgan fingerprint density at radius 1 is 0.381 bits per heavy atom. The van der Waals surface area contributed by atoms with Crippen molar-refractivity contribution in [3.63, 3.8) is 0 Å². The average Bonchev–Trinajstić information content (AvgIpc) is 1.63. The minimum absolute atomic E-state index is 0.0459. The Hall–Kier alpha value is -12.4. The van der Waals surface area contributed by atoms with Crippen molar-refractivity contribution in [1.82, 2.24) is 52.7 Å². The molecule has 59 heteroatoms. The van der Waals surface area contributed by atoms with Crippen LogP contribution in [0.5, 0.6) is 5.75 Å². The molecule has 32 N–H and O–H groups in total. The second kappa shape index (κ2) is 51.0. The van der Waals surface area contributed by atoms with Crippen molar-refractivity contribution in [2.24, 2.45) is 28.7 Å². The summed E-state index contributed by atoms with van der Waals surface area (Å²) in [6.45, 7) is -2.47. The molecule has 0 saturated carbocycles. The van der Waals surface area contributed by atoms with Crippen molar-refractivity contribution >= 4 is 98.5 Å². The fourth-order valence-electron chi connectivity index (χ4n) is 13.1. The third kappa shape index (κ3) is 28.0. The van der Waals surface area contributed by atoms with Gasteiger partial charge in [-0.05, 0) is 72.0 Å². The number of aliphatic hydroxyl groups is 10. The largest absolute Gasteiger partial charge is 0.508 e. The number of H-pyrrole nitrogens is 1. The first-order chi connectivity index (χ1) is 68.1. The van der Waals surface area contributed by atoms with Crippen LogP contribution >= 0.6 is 12.6 Å². The number of nitrogens with two attached hydrogens (primary N) is 5. The number of thiol groups is 1. The first-order valence-electron chi connectivity index (χ1n) is 43.6. The number of ether oxygens (including phenoxy) is 10. The number of esters is 5. The number of anilines is 5. The van der Waals surface area contributed by atoms with Crippen LogP contribution < -0.4 is 84.5 Å². The van der Waals surface area contributed by atoms with Crippen LogP contribution in [0, 0.1) is 0 Å². The maximum Gasteiger partial charge on any atom is 0.351 e. The molecule has 0 unspecified atom stereocenters. The van der Waals surface area contributed by atoms with Crippen LogP contribution in [0.25, 0.3) is 10.9 Å². The minimum Gasteiger partial charge on any atom is -0.508 e. The molecule has 0 amide bonds. The molecule has 14 rings (SSSR count). The normalized spacial score (nSPS) is 28.7. The number of phenols is 1. The number of fused-ring (bicyclic) bond motifs is 1. The van der Waals surface area contributed by atoms with Crippen LogP contribution in [0.3, 0.4) is 0 Å². The van der Waals surface area contributed by atoms with Crippen molar-refractivity contribution < 1.29 is 160 Å². The zero-order valence-electron chi connectivity index (χ0n) is 77.0. The predicted octanol–water partition coefficient (Wildman–Crippen LogP) is -9.17. The molecule has 3 aromatic carbocycles. The molecular formula is C80H103N21O36SSe. The summed E-state index contributed by atoms with van der Waals surface area (Å²) >= 11 is 5.98. The van der Waals surface area contributed by atoms with Gasteiger partial charge in [0, 0.05) is 54.1 Å². The average molecular weight is 2050 g/mol. The molecule has 5 aliphatic rings. The van der Waals surface area contributed by atoms with Gasteiger partial charge in [-0.1, -0.05) is 60.7 Å². The fourth-order valence-corrected chi connectivity index (χ4v) is 13.6. The number of aromatic amines is 1. The molecule has 9 aromatic rings. The summed E-state index contributed by atoms with van der Waals surface area (Å²) in [5, 5.41) is 156. The minimum atomic E-state index is -2.44. The molecule has 139 heavy (non-hydrogen) atoms. The van der Waals surface area contributed by atoms with Crippen LogP contribution in [0.1, 0.15) is 54.6 Å². The van der Waals surface area contributed by atoms with Crippen molar-refractivity contribution in [2.45, 2.75) is 177 Å². The third-order valence-corrected chi connectivity index (χ3v) is 21.8. The number of carbonyl (C=O) groups excluding carboxylic acids is 5. The van der Waals surface area contributed by atoms with E-state index in [0.717, 1.165) is 83.3 Å². The number of carbonyl (C=O) groups is 5. The van der Waals surface area contributed by atoms with E-state index in [1.54, 1.807) is 45.7 Å². The number of nitrogens with one attached hydrogen (secondary N) is 6. The number of para-hydroxylation sites is 1. The van der Waals surface area contributed by atoms with E-state index in [1.165, 1.54) is 12.1 Å². The van der Waals surface area contributed by atoms with Gasteiger partial charge in [0.25, 0.3) is 0 Å². The number of aromatic hydroxyl groups is 1. The van der Waals surface area contributed by atoms with Gasteiger partial charge in [-0.2, -0.15) is 32.6 Å². The summed E-state index contributed by atoms with van der Waals surface area (Å²) in [5.41, 5.74) is 35.1. The van der Waals surface area contributed by atoms with E-state index in [2.05, 4.69) is 58.5 Å². The van der Waals surface area contributed by atoms with Gasteiger partial charge in [0.2, 0.25) is 0 Å². The third-order valence-electron chi connectivity index (χ3n) is 20.6. The topological polar surface area (TPSA) is 882 Å². The molecule has 5 aliphatic heterocycles. The number of nitrogens with zero attached hydrogens (tertiary/aromatic N) is 10. The molecule has 0 aliphatic carbocycles. The SMILES string of the molecule is [2H][C@@]1(n2ccc(NO)nc2=O)O[C@H](COC(=O)[C@@H](N)CS)[C@@H](O)[C@H]1O.[2H][C@@]1(n2ccc(NO)nc2=O)O[C@H](COC(=O)[C@@H](N)C[SeH])[C@@H](O)[C@H]1O.[2H][C@@]1(n2ccc(NO)nc2=O)O[C@H](COC(=O)[C@@H](N)Cc2c[nH]c3ccccc23)[C@@H](O)[C@H]1O.[2H][C@@]1(n2ccc(NO)nc2=O)O[C@H](COC(=O)[C@@H](N)Cc2ccc(O)cc2)[C@@H](O)[C@H]1O.[2H][C@@]1(n2ccc(NO)nc2=O)O[C@H](COC(=O)[C@@H](N)Cc2ccccc2)[C@@H](O)[C@H]1O. The summed E-state index contributed by atoms with van der Waals surface area (Å²) in [6.07, 6.45) is -28.3. The van der Waals surface area contributed by atoms with Gasteiger partial charge in [0.05, 0.1) is 5.48 Å². The van der Waals surface area contributed by atoms with Crippen LogP contribution in [-0.2, 0) is 90.6 Å². The van der Waals surface area contributed by atoms with E-state index in [1.807, 2.05) is 54.6 Å². The second-order valence-corrected chi connectivity index (χ2v) is 31.3. The van der Waals surface area contributed by atoms with Crippen molar-refractivity contribution in [1.29, 1.82) is 0 Å². The summed E-state index contributed by atoms with van der Waals surface area (Å²) in [5.74, 6) is -4.61. The van der Waals surface area contributed by atoms with Gasteiger partial charge in [0.15, 0.2) is 48.1 Å². The Bertz CT molecular complexity index is 6100. The first-order valence-corrected chi connectivity index (χ1v) is 43.0. The van der Waals surface area contributed by atoms with Gasteiger partial charge in [-0.25, -0.2) is 19.2 Å². The monoisotopic (exact) mass is 2050 g/mol. The van der Waals surface area contributed by atoms with E-state index in [0.29, 0.717) is 28.4 Å². The van der Waals surface area contributed by atoms with Gasteiger partial charge in [-0.15, -0.1) is 0 Å². The molecule has 57 nitrogen and oxygen atoms in total. The van der Waals surface area contributed by atoms with Gasteiger partial charge in [0.1, 0.15) is 130 Å². The van der Waals surface area contributed by atoms with Crippen molar-refractivity contribution in [3.05, 3.63) is 215 Å². The number of aliphatic hydroxyl groups excluding tert-OH is 10. The smallest absolute Gasteiger partial charge is 0.351 e. The van der Waals surface area contributed by atoms with E-state index in [-0.39, 0.29) is 65.2 Å².